The summed E-state index contributed by atoms with van der Waals surface area (Å²) in [7, 11) is 0. The molecule has 132 valence electrons. The van der Waals surface area contributed by atoms with Gasteiger partial charge in [0.2, 0.25) is 0 Å². The van der Waals surface area contributed by atoms with Crippen LogP contribution in [-0.2, 0) is 0 Å². The van der Waals surface area contributed by atoms with Crippen LogP contribution < -0.4 is 4.90 Å². The number of rotatable bonds is 6. The summed E-state index contributed by atoms with van der Waals surface area (Å²) in [6.45, 7) is 11.8. The summed E-state index contributed by atoms with van der Waals surface area (Å²) >= 11 is 6.20. The Hall–Kier alpha value is -1.93. The van der Waals surface area contributed by atoms with E-state index in [1.807, 2.05) is 12.1 Å². The molecule has 1 aliphatic heterocycles. The Balaban J connectivity index is 1.71. The fraction of sp³-hybridized carbons (Fsp3) is 0.364. The van der Waals surface area contributed by atoms with Gasteiger partial charge in [-0.15, -0.1) is 0 Å². The average molecular weight is 355 g/mol. The van der Waals surface area contributed by atoms with Gasteiger partial charge in [-0.1, -0.05) is 56.1 Å². The van der Waals surface area contributed by atoms with Gasteiger partial charge in [-0.25, -0.2) is 0 Å². The number of unbranched alkanes of at least 4 members (excludes halogenated alkanes) is 2. The zero-order chi connectivity index (χ0) is 17.8. The summed E-state index contributed by atoms with van der Waals surface area (Å²) in [5.74, 6) is 1.13. The number of halogens is 1. The van der Waals surface area contributed by atoms with E-state index in [2.05, 4.69) is 60.6 Å². The maximum absolute atomic E-state index is 6.20. The summed E-state index contributed by atoms with van der Waals surface area (Å²) < 4.78 is 0. The molecule has 0 amide bonds. The van der Waals surface area contributed by atoms with Crippen LogP contribution in [0.15, 0.2) is 54.9 Å². The zero-order valence-electron chi connectivity index (χ0n) is 15.3. The van der Waals surface area contributed by atoms with Crippen molar-refractivity contribution in [1.29, 1.82) is 0 Å². The fourth-order valence-corrected chi connectivity index (χ4v) is 3.75. The maximum atomic E-state index is 6.20. The molecular formula is C22H27ClN2. The van der Waals surface area contributed by atoms with Crippen LogP contribution in [0.2, 0.25) is 5.02 Å². The van der Waals surface area contributed by atoms with Gasteiger partial charge in [-0.2, -0.15) is 0 Å². The summed E-state index contributed by atoms with van der Waals surface area (Å²) in [5.41, 5.74) is 4.75. The number of anilines is 1. The molecule has 1 aliphatic rings. The summed E-state index contributed by atoms with van der Waals surface area (Å²) in [6.07, 6.45) is 3.79. The van der Waals surface area contributed by atoms with Crippen molar-refractivity contribution in [2.45, 2.75) is 33.1 Å². The quantitative estimate of drug-likeness (QED) is 0.578. The molecule has 0 radical (unpaired) electrons. The van der Waals surface area contributed by atoms with Gasteiger partial charge >= 0.3 is 0 Å². The van der Waals surface area contributed by atoms with E-state index in [0.717, 1.165) is 36.0 Å². The van der Waals surface area contributed by atoms with Crippen LogP contribution in [0.5, 0.6) is 0 Å². The van der Waals surface area contributed by atoms with Gasteiger partial charge in [-0.3, -0.25) is 0 Å². The van der Waals surface area contributed by atoms with Gasteiger partial charge in [0.1, 0.15) is 5.82 Å². The van der Waals surface area contributed by atoms with Crippen molar-refractivity contribution in [2.75, 3.05) is 24.5 Å². The third-order valence-electron chi connectivity index (χ3n) is 4.86. The number of hydrogen-bond donors (Lipinski definition) is 0. The van der Waals surface area contributed by atoms with Gasteiger partial charge in [-0.05, 0) is 54.3 Å². The van der Waals surface area contributed by atoms with Crippen LogP contribution in [0.25, 0.3) is 11.1 Å². The Labute approximate surface area is 156 Å². The van der Waals surface area contributed by atoms with Gasteiger partial charge < -0.3 is 9.80 Å². The lowest BCUT2D eigenvalue weighted by Gasteiger charge is -2.24. The highest BCUT2D eigenvalue weighted by atomic mass is 35.5. The highest BCUT2D eigenvalue weighted by Gasteiger charge is 2.23. The molecule has 2 aromatic carbocycles. The SMILES string of the molecule is C=C1N(CCCCC)CCN1c1ccc(-c2cc(C)cc(Cl)c2)cc1. The minimum Gasteiger partial charge on any atom is -0.357 e. The molecule has 0 aromatic heterocycles. The van der Waals surface area contributed by atoms with Gasteiger partial charge in [0.05, 0.1) is 0 Å². The number of benzene rings is 2. The van der Waals surface area contributed by atoms with E-state index in [-0.39, 0.29) is 0 Å². The van der Waals surface area contributed by atoms with Gasteiger partial charge in [0, 0.05) is 30.3 Å². The standard InChI is InChI=1S/C22H27ClN2/c1-4-5-6-11-24-12-13-25(18(24)3)22-9-7-19(8-10-22)20-14-17(2)15-21(23)16-20/h7-10,14-16H,3-6,11-13H2,1-2H3. The van der Waals surface area contributed by atoms with Crippen molar-refractivity contribution < 1.29 is 0 Å². The average Bonchev–Trinajstić information content (AvgIpc) is 2.95. The van der Waals surface area contributed by atoms with Crippen LogP contribution in [0.3, 0.4) is 0 Å². The molecule has 2 aromatic rings. The fourth-order valence-electron chi connectivity index (χ4n) is 3.46. The molecule has 0 spiro atoms. The molecule has 1 fully saturated rings. The zero-order valence-corrected chi connectivity index (χ0v) is 16.0. The summed E-state index contributed by atoms with van der Waals surface area (Å²) in [6, 6.07) is 14.9. The van der Waals surface area contributed by atoms with Crippen molar-refractivity contribution in [3.05, 3.63) is 65.5 Å². The lowest BCUT2D eigenvalue weighted by Crippen LogP contribution is -2.22. The van der Waals surface area contributed by atoms with Crippen molar-refractivity contribution in [3.8, 4) is 11.1 Å². The largest absolute Gasteiger partial charge is 0.357 e. The Kier molecular flexibility index (Phi) is 5.70. The Bertz CT molecular complexity index is 716. The molecule has 1 saturated heterocycles. The first-order valence-corrected chi connectivity index (χ1v) is 9.55. The Morgan fingerprint density at radius 2 is 1.76 bits per heavy atom. The molecule has 25 heavy (non-hydrogen) atoms. The number of hydrogen-bond acceptors (Lipinski definition) is 2. The van der Waals surface area contributed by atoms with Crippen molar-refractivity contribution in [2.24, 2.45) is 0 Å². The summed E-state index contributed by atoms with van der Waals surface area (Å²) in [5, 5.41) is 0.787. The first-order valence-electron chi connectivity index (χ1n) is 9.17. The molecule has 0 saturated carbocycles. The van der Waals surface area contributed by atoms with E-state index in [9.17, 15) is 0 Å². The highest BCUT2D eigenvalue weighted by molar-refractivity contribution is 6.30. The number of aryl methyl sites for hydroxylation is 1. The van der Waals surface area contributed by atoms with Gasteiger partial charge in [0.15, 0.2) is 0 Å². The molecule has 0 N–H and O–H groups in total. The second kappa shape index (κ2) is 7.97. The minimum atomic E-state index is 0.787. The van der Waals surface area contributed by atoms with E-state index in [4.69, 9.17) is 11.6 Å². The van der Waals surface area contributed by atoms with E-state index in [0.29, 0.717) is 0 Å². The van der Waals surface area contributed by atoms with Crippen LogP contribution in [0.4, 0.5) is 5.69 Å². The highest BCUT2D eigenvalue weighted by Crippen LogP contribution is 2.30. The monoisotopic (exact) mass is 354 g/mol. The Morgan fingerprint density at radius 3 is 2.44 bits per heavy atom. The molecule has 0 atom stereocenters. The molecule has 0 bridgehead atoms. The molecule has 0 unspecified atom stereocenters. The normalized spacial score (nSPS) is 14.4. The second-order valence-corrected chi connectivity index (χ2v) is 7.26. The number of nitrogens with zero attached hydrogens (tertiary/aromatic N) is 2. The van der Waals surface area contributed by atoms with Crippen LogP contribution >= 0.6 is 11.6 Å². The van der Waals surface area contributed by atoms with Crippen LogP contribution in [-0.4, -0.2) is 24.5 Å². The predicted molar refractivity (Wildman–Crippen MR) is 109 cm³/mol. The van der Waals surface area contributed by atoms with Crippen molar-refractivity contribution in [1.82, 2.24) is 4.90 Å². The third-order valence-corrected chi connectivity index (χ3v) is 5.07. The molecule has 2 nitrogen and oxygen atoms in total. The molecule has 0 aliphatic carbocycles. The second-order valence-electron chi connectivity index (χ2n) is 6.83. The van der Waals surface area contributed by atoms with E-state index >= 15 is 0 Å². The van der Waals surface area contributed by atoms with Crippen LogP contribution in [0, 0.1) is 6.92 Å². The van der Waals surface area contributed by atoms with Crippen LogP contribution in [0.1, 0.15) is 31.7 Å². The lowest BCUT2D eigenvalue weighted by molar-refractivity contribution is 0.384. The van der Waals surface area contributed by atoms with Crippen molar-refractivity contribution >= 4 is 17.3 Å². The summed E-state index contributed by atoms with van der Waals surface area (Å²) in [4.78, 5) is 4.73. The molecule has 1 heterocycles. The predicted octanol–water partition coefficient (Wildman–Crippen LogP) is 6.10. The van der Waals surface area contributed by atoms with Gasteiger partial charge in [0.25, 0.3) is 0 Å². The molecular weight excluding hydrogens is 328 g/mol. The third kappa shape index (κ3) is 4.19. The first-order chi connectivity index (χ1) is 12.1. The molecule has 3 heteroatoms. The van der Waals surface area contributed by atoms with E-state index in [1.165, 1.54) is 36.1 Å². The van der Waals surface area contributed by atoms with E-state index in [1.54, 1.807) is 0 Å². The first kappa shape index (κ1) is 17.9. The lowest BCUT2D eigenvalue weighted by atomic mass is 10.0. The van der Waals surface area contributed by atoms with E-state index < -0.39 is 0 Å². The topological polar surface area (TPSA) is 6.48 Å². The minimum absolute atomic E-state index is 0.787. The maximum Gasteiger partial charge on any atom is 0.101 e. The smallest absolute Gasteiger partial charge is 0.101 e. The molecule has 3 rings (SSSR count). The Morgan fingerprint density at radius 1 is 1.00 bits per heavy atom. The van der Waals surface area contributed by atoms with Crippen molar-refractivity contribution in [3.63, 3.8) is 0 Å².